The van der Waals surface area contributed by atoms with Crippen molar-refractivity contribution >= 4 is 5.91 Å². The molecule has 1 amide bonds. The molecule has 0 aromatic carbocycles. The van der Waals surface area contributed by atoms with Gasteiger partial charge >= 0.3 is 0 Å². The van der Waals surface area contributed by atoms with Crippen LogP contribution in [0.2, 0.25) is 0 Å². The van der Waals surface area contributed by atoms with Gasteiger partial charge < -0.3 is 10.6 Å². The number of carbonyl (C=O) groups excluding carboxylic acids is 1. The number of hydrogen-bond donors (Lipinski definition) is 1. The van der Waals surface area contributed by atoms with Crippen LogP contribution in [0.25, 0.3) is 0 Å². The Morgan fingerprint density at radius 3 is 2.35 bits per heavy atom. The first-order valence-corrected chi connectivity index (χ1v) is 7.02. The molecule has 2 atom stereocenters. The zero-order chi connectivity index (χ0) is 13.3. The van der Waals surface area contributed by atoms with Gasteiger partial charge in [-0.3, -0.25) is 4.79 Å². The molecule has 0 spiro atoms. The minimum absolute atomic E-state index is 0.275. The van der Waals surface area contributed by atoms with Crippen molar-refractivity contribution in [1.29, 1.82) is 0 Å². The summed E-state index contributed by atoms with van der Waals surface area (Å²) in [5.74, 6) is 0.900. The van der Waals surface area contributed by atoms with Crippen molar-refractivity contribution < 1.29 is 4.79 Å². The highest BCUT2D eigenvalue weighted by Crippen LogP contribution is 2.18. The molecule has 0 fully saturated rings. The molecule has 0 bridgehead atoms. The third kappa shape index (κ3) is 6.67. The summed E-state index contributed by atoms with van der Waals surface area (Å²) in [5.41, 5.74) is 5.60. The standard InChI is InChI=1S/C14H30N2O/c1-5-7-13(10-11-15)8-9-14(17)16(4)12(3)6-2/h12-13H,5-11,15H2,1-4H3. The molecule has 0 aromatic heterocycles. The zero-order valence-electron chi connectivity index (χ0n) is 12.0. The molecule has 0 aliphatic heterocycles. The Morgan fingerprint density at radius 1 is 1.24 bits per heavy atom. The summed E-state index contributed by atoms with van der Waals surface area (Å²) in [7, 11) is 1.91. The van der Waals surface area contributed by atoms with Crippen molar-refractivity contribution in [3.05, 3.63) is 0 Å². The van der Waals surface area contributed by atoms with Crippen molar-refractivity contribution in [1.82, 2.24) is 4.90 Å². The average molecular weight is 242 g/mol. The molecule has 3 heteroatoms. The maximum atomic E-state index is 12.0. The molecule has 0 aliphatic rings. The minimum Gasteiger partial charge on any atom is -0.343 e. The molecular formula is C14H30N2O. The van der Waals surface area contributed by atoms with Gasteiger partial charge in [-0.15, -0.1) is 0 Å². The second-order valence-electron chi connectivity index (χ2n) is 5.03. The van der Waals surface area contributed by atoms with Gasteiger partial charge in [0.15, 0.2) is 0 Å². The molecule has 102 valence electrons. The highest BCUT2D eigenvalue weighted by Gasteiger charge is 2.16. The highest BCUT2D eigenvalue weighted by atomic mass is 16.2. The second kappa shape index (κ2) is 9.46. The molecule has 0 radical (unpaired) electrons. The lowest BCUT2D eigenvalue weighted by molar-refractivity contribution is -0.132. The quantitative estimate of drug-likeness (QED) is 0.676. The predicted molar refractivity (Wildman–Crippen MR) is 73.8 cm³/mol. The van der Waals surface area contributed by atoms with Crippen LogP contribution >= 0.6 is 0 Å². The normalized spacial score (nSPS) is 14.4. The summed E-state index contributed by atoms with van der Waals surface area (Å²) in [4.78, 5) is 13.8. The van der Waals surface area contributed by atoms with Crippen LogP contribution in [0.4, 0.5) is 0 Å². The summed E-state index contributed by atoms with van der Waals surface area (Å²) < 4.78 is 0. The van der Waals surface area contributed by atoms with Crippen molar-refractivity contribution in [2.75, 3.05) is 13.6 Å². The van der Waals surface area contributed by atoms with Gasteiger partial charge in [-0.1, -0.05) is 26.7 Å². The van der Waals surface area contributed by atoms with Crippen LogP contribution in [0.3, 0.4) is 0 Å². The van der Waals surface area contributed by atoms with Gasteiger partial charge in [-0.25, -0.2) is 0 Å². The van der Waals surface area contributed by atoms with E-state index in [9.17, 15) is 4.79 Å². The van der Waals surface area contributed by atoms with Crippen molar-refractivity contribution in [2.45, 2.75) is 65.3 Å². The van der Waals surface area contributed by atoms with E-state index in [1.807, 2.05) is 11.9 Å². The van der Waals surface area contributed by atoms with E-state index in [2.05, 4.69) is 20.8 Å². The summed E-state index contributed by atoms with van der Waals surface area (Å²) in [6, 6.07) is 0.349. The van der Waals surface area contributed by atoms with Crippen LogP contribution in [-0.2, 0) is 4.79 Å². The van der Waals surface area contributed by atoms with Crippen LogP contribution in [0.15, 0.2) is 0 Å². The van der Waals surface area contributed by atoms with E-state index in [0.717, 1.165) is 25.8 Å². The van der Waals surface area contributed by atoms with Crippen LogP contribution in [0, 0.1) is 5.92 Å². The third-order valence-electron chi connectivity index (χ3n) is 3.68. The Kier molecular flexibility index (Phi) is 9.14. The molecule has 17 heavy (non-hydrogen) atoms. The molecule has 2 N–H and O–H groups in total. The lowest BCUT2D eigenvalue weighted by atomic mass is 9.94. The number of amides is 1. The molecule has 2 unspecified atom stereocenters. The third-order valence-corrected chi connectivity index (χ3v) is 3.68. The van der Waals surface area contributed by atoms with E-state index >= 15 is 0 Å². The van der Waals surface area contributed by atoms with E-state index in [1.165, 1.54) is 12.8 Å². The van der Waals surface area contributed by atoms with Gasteiger partial charge in [0.2, 0.25) is 5.91 Å². The van der Waals surface area contributed by atoms with Gasteiger partial charge in [0.25, 0.3) is 0 Å². The fourth-order valence-electron chi connectivity index (χ4n) is 2.10. The average Bonchev–Trinajstić information content (AvgIpc) is 2.34. The Hall–Kier alpha value is -0.570. The Bertz CT molecular complexity index is 200. The predicted octanol–water partition coefficient (Wildman–Crippen LogP) is 2.79. The molecule has 0 aromatic rings. The van der Waals surface area contributed by atoms with Gasteiger partial charge in [0, 0.05) is 19.5 Å². The van der Waals surface area contributed by atoms with Crippen molar-refractivity contribution in [2.24, 2.45) is 11.7 Å². The Balaban J connectivity index is 4.02. The first-order valence-electron chi connectivity index (χ1n) is 7.02. The van der Waals surface area contributed by atoms with Crippen LogP contribution in [0.1, 0.15) is 59.3 Å². The van der Waals surface area contributed by atoms with E-state index in [0.29, 0.717) is 18.4 Å². The van der Waals surface area contributed by atoms with Gasteiger partial charge in [0.05, 0.1) is 0 Å². The zero-order valence-corrected chi connectivity index (χ0v) is 12.0. The fourth-order valence-corrected chi connectivity index (χ4v) is 2.10. The van der Waals surface area contributed by atoms with Gasteiger partial charge in [-0.05, 0) is 38.6 Å². The van der Waals surface area contributed by atoms with Crippen molar-refractivity contribution in [3.8, 4) is 0 Å². The van der Waals surface area contributed by atoms with E-state index in [1.54, 1.807) is 0 Å². The van der Waals surface area contributed by atoms with E-state index < -0.39 is 0 Å². The lowest BCUT2D eigenvalue weighted by Gasteiger charge is -2.25. The maximum Gasteiger partial charge on any atom is 0.222 e. The van der Waals surface area contributed by atoms with Crippen LogP contribution < -0.4 is 5.73 Å². The molecule has 0 saturated heterocycles. The summed E-state index contributed by atoms with van der Waals surface area (Å²) >= 11 is 0. The Morgan fingerprint density at radius 2 is 1.88 bits per heavy atom. The van der Waals surface area contributed by atoms with Crippen molar-refractivity contribution in [3.63, 3.8) is 0 Å². The van der Waals surface area contributed by atoms with Crippen LogP contribution in [-0.4, -0.2) is 30.4 Å². The number of hydrogen-bond acceptors (Lipinski definition) is 2. The summed E-state index contributed by atoms with van der Waals surface area (Å²) in [5, 5.41) is 0. The molecule has 3 nitrogen and oxygen atoms in total. The molecule has 0 heterocycles. The number of carbonyl (C=O) groups is 1. The van der Waals surface area contributed by atoms with Gasteiger partial charge in [-0.2, -0.15) is 0 Å². The fraction of sp³-hybridized carbons (Fsp3) is 0.929. The highest BCUT2D eigenvalue weighted by molar-refractivity contribution is 5.76. The maximum absolute atomic E-state index is 12.0. The smallest absolute Gasteiger partial charge is 0.222 e. The largest absolute Gasteiger partial charge is 0.343 e. The van der Waals surface area contributed by atoms with Crippen LogP contribution in [0.5, 0.6) is 0 Å². The van der Waals surface area contributed by atoms with E-state index in [4.69, 9.17) is 5.73 Å². The lowest BCUT2D eigenvalue weighted by Crippen LogP contribution is -2.34. The number of nitrogens with zero attached hydrogens (tertiary/aromatic N) is 1. The summed E-state index contributed by atoms with van der Waals surface area (Å²) in [6.07, 6.45) is 6.10. The topological polar surface area (TPSA) is 46.3 Å². The van der Waals surface area contributed by atoms with Gasteiger partial charge in [0.1, 0.15) is 0 Å². The number of nitrogens with two attached hydrogens (primary N) is 1. The SMILES string of the molecule is CCCC(CCN)CCC(=O)N(C)C(C)CC. The first kappa shape index (κ1) is 16.4. The van der Waals surface area contributed by atoms with E-state index in [-0.39, 0.29) is 5.91 Å². The first-order chi connectivity index (χ1) is 8.06. The second-order valence-corrected chi connectivity index (χ2v) is 5.03. The molecular weight excluding hydrogens is 212 g/mol. The summed E-state index contributed by atoms with van der Waals surface area (Å²) in [6.45, 7) is 7.14. The number of rotatable bonds is 9. The minimum atomic E-state index is 0.275. The molecule has 0 aliphatic carbocycles. The molecule has 0 rings (SSSR count). The Labute approximate surface area is 107 Å². The monoisotopic (exact) mass is 242 g/mol. The molecule has 0 saturated carbocycles.